The quantitative estimate of drug-likeness (QED) is 0.390. The van der Waals surface area contributed by atoms with Crippen LogP contribution in [0.4, 0.5) is 0 Å². The molecule has 1 unspecified atom stereocenters. The molecule has 1 aromatic carbocycles. The van der Waals surface area contributed by atoms with E-state index in [1.54, 1.807) is 19.2 Å². The van der Waals surface area contributed by atoms with Crippen molar-refractivity contribution in [1.82, 2.24) is 16.0 Å². The number of benzene rings is 1. The fraction of sp³-hybridized carbons (Fsp3) is 0.529. The Balaban J connectivity index is 1.67. The molecule has 0 radical (unpaired) electrons. The summed E-state index contributed by atoms with van der Waals surface area (Å²) in [7, 11) is 1.73. The summed E-state index contributed by atoms with van der Waals surface area (Å²) in [6, 6.07) is 7.32. The minimum atomic E-state index is -0.119. The number of nitrogens with one attached hydrogen (secondary N) is 3. The van der Waals surface area contributed by atoms with E-state index in [9.17, 15) is 4.79 Å². The van der Waals surface area contributed by atoms with Gasteiger partial charge in [-0.25, -0.2) is 0 Å². The highest BCUT2D eigenvalue weighted by Gasteiger charge is 2.29. The van der Waals surface area contributed by atoms with Crippen LogP contribution in [0, 0.1) is 0 Å². The Morgan fingerprint density at radius 1 is 1.33 bits per heavy atom. The summed E-state index contributed by atoms with van der Waals surface area (Å²) < 4.78 is 6.63. The smallest absolute Gasteiger partial charge is 0.251 e. The number of carbonyl (C=O) groups is 1. The molecule has 0 bridgehead atoms. The van der Waals surface area contributed by atoms with Crippen LogP contribution in [0.15, 0.2) is 33.7 Å². The van der Waals surface area contributed by atoms with Crippen molar-refractivity contribution in [3.63, 3.8) is 0 Å². The van der Waals surface area contributed by atoms with Crippen LogP contribution in [0.25, 0.3) is 0 Å². The predicted molar refractivity (Wildman–Crippen MR) is 99.4 cm³/mol. The summed E-state index contributed by atoms with van der Waals surface area (Å²) >= 11 is 3.36. The largest absolute Gasteiger partial charge is 0.373 e. The number of hydrogen-bond donors (Lipinski definition) is 3. The number of guanidine groups is 1. The molecule has 1 aromatic rings. The van der Waals surface area contributed by atoms with Crippen molar-refractivity contribution in [2.24, 2.45) is 4.99 Å². The number of ether oxygens (including phenoxy) is 1. The SMILES string of the molecule is CN=C(NCCNC(=O)c1cccc(Br)c1)NCC1(C)CCCO1. The highest BCUT2D eigenvalue weighted by molar-refractivity contribution is 9.10. The van der Waals surface area contributed by atoms with Gasteiger partial charge in [0.1, 0.15) is 0 Å². The average Bonchev–Trinajstić information content (AvgIpc) is 3.01. The fourth-order valence-corrected chi connectivity index (χ4v) is 2.96. The normalized spacial score (nSPS) is 20.7. The van der Waals surface area contributed by atoms with Crippen LogP contribution < -0.4 is 16.0 Å². The molecular weight excluding hydrogens is 372 g/mol. The summed E-state index contributed by atoms with van der Waals surface area (Å²) in [4.78, 5) is 16.2. The van der Waals surface area contributed by atoms with E-state index >= 15 is 0 Å². The molecule has 6 nitrogen and oxygen atoms in total. The number of halogens is 1. The lowest BCUT2D eigenvalue weighted by molar-refractivity contribution is 0.0243. The van der Waals surface area contributed by atoms with Crippen molar-refractivity contribution >= 4 is 27.8 Å². The van der Waals surface area contributed by atoms with Crippen molar-refractivity contribution in [2.45, 2.75) is 25.4 Å². The number of amides is 1. The van der Waals surface area contributed by atoms with E-state index < -0.39 is 0 Å². The topological polar surface area (TPSA) is 74.8 Å². The molecule has 0 saturated carbocycles. The first-order valence-corrected chi connectivity index (χ1v) is 8.94. The Kier molecular flexibility index (Phi) is 7.05. The van der Waals surface area contributed by atoms with Crippen LogP contribution in [0.2, 0.25) is 0 Å². The van der Waals surface area contributed by atoms with Gasteiger partial charge in [-0.2, -0.15) is 0 Å². The standard InChI is InChI=1S/C17H25BrN4O2/c1-17(7-4-10-24-17)12-22-16(19-2)21-9-8-20-15(23)13-5-3-6-14(18)11-13/h3,5-6,11H,4,7-10,12H2,1-2H3,(H,20,23)(H2,19,21,22). The average molecular weight is 397 g/mol. The molecule has 1 saturated heterocycles. The van der Waals surface area contributed by atoms with E-state index in [2.05, 4.69) is 43.8 Å². The van der Waals surface area contributed by atoms with Crippen molar-refractivity contribution in [3.8, 4) is 0 Å². The Hall–Kier alpha value is -1.60. The second-order valence-electron chi connectivity index (χ2n) is 6.02. The van der Waals surface area contributed by atoms with Crippen LogP contribution in [-0.2, 0) is 4.74 Å². The van der Waals surface area contributed by atoms with Gasteiger partial charge in [0.15, 0.2) is 5.96 Å². The molecule has 1 aliphatic rings. The highest BCUT2D eigenvalue weighted by atomic mass is 79.9. The first-order valence-electron chi connectivity index (χ1n) is 8.15. The van der Waals surface area contributed by atoms with Gasteiger partial charge in [-0.3, -0.25) is 9.79 Å². The minimum Gasteiger partial charge on any atom is -0.373 e. The van der Waals surface area contributed by atoms with Crippen LogP contribution in [0.1, 0.15) is 30.1 Å². The number of carbonyl (C=O) groups excluding carboxylic acids is 1. The molecular formula is C17H25BrN4O2. The van der Waals surface area contributed by atoms with Crippen molar-refractivity contribution in [1.29, 1.82) is 0 Å². The summed E-state index contributed by atoms with van der Waals surface area (Å²) in [5, 5.41) is 9.34. The summed E-state index contributed by atoms with van der Waals surface area (Å²) in [5.41, 5.74) is 0.519. The maximum Gasteiger partial charge on any atom is 0.251 e. The Morgan fingerprint density at radius 3 is 2.79 bits per heavy atom. The molecule has 24 heavy (non-hydrogen) atoms. The summed E-state index contributed by atoms with van der Waals surface area (Å²) in [5.74, 6) is 0.622. The fourth-order valence-electron chi connectivity index (χ4n) is 2.56. The molecule has 1 heterocycles. The molecule has 0 spiro atoms. The van der Waals surface area contributed by atoms with E-state index in [4.69, 9.17) is 4.74 Å². The number of rotatable bonds is 6. The molecule has 1 atom stereocenters. The van der Waals surface area contributed by atoms with Gasteiger partial charge in [-0.05, 0) is 38.0 Å². The van der Waals surface area contributed by atoms with E-state index in [0.717, 1.165) is 30.5 Å². The van der Waals surface area contributed by atoms with Gasteiger partial charge >= 0.3 is 0 Å². The van der Waals surface area contributed by atoms with Gasteiger partial charge in [0.2, 0.25) is 0 Å². The van der Waals surface area contributed by atoms with Crippen LogP contribution in [-0.4, -0.2) is 50.8 Å². The maximum absolute atomic E-state index is 12.0. The third-order valence-corrected chi connectivity index (χ3v) is 4.44. The number of aliphatic imine (C=N–C) groups is 1. The third-order valence-electron chi connectivity index (χ3n) is 3.94. The Morgan fingerprint density at radius 2 is 2.12 bits per heavy atom. The number of nitrogens with zero attached hydrogens (tertiary/aromatic N) is 1. The lowest BCUT2D eigenvalue weighted by atomic mass is 10.0. The summed E-state index contributed by atoms with van der Waals surface area (Å²) in [6.45, 7) is 4.76. The lowest BCUT2D eigenvalue weighted by Crippen LogP contribution is -2.47. The van der Waals surface area contributed by atoms with Gasteiger partial charge in [0.25, 0.3) is 5.91 Å². The lowest BCUT2D eigenvalue weighted by Gasteiger charge is -2.24. The monoisotopic (exact) mass is 396 g/mol. The van der Waals surface area contributed by atoms with Gasteiger partial charge in [0.05, 0.1) is 5.60 Å². The van der Waals surface area contributed by atoms with Crippen LogP contribution in [0.3, 0.4) is 0 Å². The van der Waals surface area contributed by atoms with Gasteiger partial charge in [0, 0.05) is 43.3 Å². The van der Waals surface area contributed by atoms with Crippen LogP contribution >= 0.6 is 15.9 Å². The molecule has 0 aromatic heterocycles. The summed E-state index contributed by atoms with van der Waals surface area (Å²) in [6.07, 6.45) is 2.16. The zero-order chi connectivity index (χ0) is 17.4. The van der Waals surface area contributed by atoms with Gasteiger partial charge in [-0.15, -0.1) is 0 Å². The van der Waals surface area contributed by atoms with Crippen LogP contribution in [0.5, 0.6) is 0 Å². The zero-order valence-electron chi connectivity index (χ0n) is 14.2. The third kappa shape index (κ3) is 5.79. The molecule has 132 valence electrons. The molecule has 1 fully saturated rings. The predicted octanol–water partition coefficient (Wildman–Crippen LogP) is 1.91. The minimum absolute atomic E-state index is 0.0899. The maximum atomic E-state index is 12.0. The number of hydrogen-bond acceptors (Lipinski definition) is 3. The molecule has 2 rings (SSSR count). The Labute approximate surface area is 151 Å². The van der Waals surface area contributed by atoms with E-state index in [-0.39, 0.29) is 11.5 Å². The first-order chi connectivity index (χ1) is 11.5. The Bertz CT molecular complexity index is 586. The van der Waals surface area contributed by atoms with E-state index in [1.165, 1.54) is 0 Å². The first kappa shape index (κ1) is 18.7. The second kappa shape index (κ2) is 9.03. The van der Waals surface area contributed by atoms with E-state index in [1.807, 2.05) is 12.1 Å². The molecule has 1 amide bonds. The van der Waals surface area contributed by atoms with Crippen molar-refractivity contribution in [3.05, 3.63) is 34.3 Å². The molecule has 3 N–H and O–H groups in total. The second-order valence-corrected chi connectivity index (χ2v) is 6.94. The molecule has 7 heteroatoms. The van der Waals surface area contributed by atoms with Crippen molar-refractivity contribution in [2.75, 3.05) is 33.3 Å². The van der Waals surface area contributed by atoms with E-state index in [0.29, 0.717) is 24.6 Å². The zero-order valence-corrected chi connectivity index (χ0v) is 15.8. The van der Waals surface area contributed by atoms with Crippen molar-refractivity contribution < 1.29 is 9.53 Å². The van der Waals surface area contributed by atoms with Gasteiger partial charge in [-0.1, -0.05) is 22.0 Å². The highest BCUT2D eigenvalue weighted by Crippen LogP contribution is 2.23. The molecule has 1 aliphatic heterocycles. The molecule has 0 aliphatic carbocycles. The van der Waals surface area contributed by atoms with Gasteiger partial charge < -0.3 is 20.7 Å².